The van der Waals surface area contributed by atoms with E-state index in [9.17, 15) is 9.18 Å². The third-order valence-corrected chi connectivity index (χ3v) is 5.36. The molecular weight excluding hydrogens is 367 g/mol. The number of carbonyl (C=O) groups excluding carboxylic acids is 1. The van der Waals surface area contributed by atoms with Gasteiger partial charge in [0.2, 0.25) is 5.95 Å². The zero-order valence-electron chi connectivity index (χ0n) is 16.2. The minimum atomic E-state index is -0.341. The summed E-state index contributed by atoms with van der Waals surface area (Å²) in [6, 6.07) is 16.6. The molecule has 29 heavy (non-hydrogen) atoms. The van der Waals surface area contributed by atoms with Crippen molar-refractivity contribution < 1.29 is 9.18 Å². The molecule has 0 saturated carbocycles. The Hall–Kier alpha value is -3.15. The van der Waals surface area contributed by atoms with E-state index in [1.165, 1.54) is 17.8 Å². The number of aryl methyl sites for hydroxylation is 1. The van der Waals surface area contributed by atoms with Gasteiger partial charge in [0.1, 0.15) is 11.6 Å². The molecular formula is C23H23FN4O. The number of benzene rings is 2. The lowest BCUT2D eigenvalue weighted by atomic mass is 9.91. The molecule has 0 amide bonds. The van der Waals surface area contributed by atoms with Crippen molar-refractivity contribution in [3.05, 3.63) is 72.2 Å². The van der Waals surface area contributed by atoms with Crippen LogP contribution in [-0.4, -0.2) is 34.1 Å². The van der Waals surface area contributed by atoms with E-state index in [1.54, 1.807) is 18.2 Å². The molecule has 0 spiro atoms. The lowest BCUT2D eigenvalue weighted by molar-refractivity contribution is -0.123. The van der Waals surface area contributed by atoms with E-state index in [-0.39, 0.29) is 17.5 Å². The monoisotopic (exact) mass is 390 g/mol. The average molecular weight is 390 g/mol. The molecule has 6 heteroatoms. The van der Waals surface area contributed by atoms with Crippen molar-refractivity contribution >= 4 is 11.7 Å². The first-order valence-corrected chi connectivity index (χ1v) is 9.97. The molecule has 1 fully saturated rings. The van der Waals surface area contributed by atoms with Crippen LogP contribution in [0.25, 0.3) is 11.3 Å². The number of nitrogens with zero attached hydrogens (tertiary/aromatic N) is 4. The van der Waals surface area contributed by atoms with Crippen molar-refractivity contribution in [3.63, 3.8) is 0 Å². The number of hydrogen-bond donors (Lipinski definition) is 0. The number of Topliss-reactive ketones (excluding diaryl/α,β-unsaturated/α-hetero) is 1. The number of ketones is 1. The smallest absolute Gasteiger partial charge is 0.245 e. The van der Waals surface area contributed by atoms with Gasteiger partial charge in [-0.2, -0.15) is 5.10 Å². The molecule has 1 aromatic heterocycles. The molecule has 1 aliphatic heterocycles. The fourth-order valence-electron chi connectivity index (χ4n) is 3.76. The minimum absolute atomic E-state index is 0.0341. The van der Waals surface area contributed by atoms with Crippen LogP contribution in [0.5, 0.6) is 0 Å². The van der Waals surface area contributed by atoms with Crippen LogP contribution in [0.2, 0.25) is 0 Å². The Kier molecular flexibility index (Phi) is 5.89. The Balaban J connectivity index is 1.44. The summed E-state index contributed by atoms with van der Waals surface area (Å²) in [5.74, 6) is 0.350. The van der Waals surface area contributed by atoms with Gasteiger partial charge in [0, 0.05) is 31.0 Å². The number of anilines is 1. The van der Waals surface area contributed by atoms with Crippen LogP contribution >= 0.6 is 0 Å². The molecule has 5 nitrogen and oxygen atoms in total. The predicted molar refractivity (Wildman–Crippen MR) is 110 cm³/mol. The van der Waals surface area contributed by atoms with Gasteiger partial charge in [-0.15, -0.1) is 5.10 Å². The first-order chi connectivity index (χ1) is 14.2. The minimum Gasteiger partial charge on any atom is -0.339 e. The summed E-state index contributed by atoms with van der Waals surface area (Å²) in [7, 11) is 0. The maximum atomic E-state index is 14.1. The maximum absolute atomic E-state index is 14.1. The first kappa shape index (κ1) is 19.2. The van der Waals surface area contributed by atoms with Gasteiger partial charge in [-0.05, 0) is 37.0 Å². The van der Waals surface area contributed by atoms with Crippen molar-refractivity contribution in [3.8, 4) is 11.3 Å². The number of piperidine rings is 1. The zero-order chi connectivity index (χ0) is 20.1. The van der Waals surface area contributed by atoms with Gasteiger partial charge in [-0.25, -0.2) is 9.37 Å². The van der Waals surface area contributed by atoms with Crippen LogP contribution in [0.4, 0.5) is 10.3 Å². The predicted octanol–water partition coefficient (Wildman–Crippen LogP) is 4.10. The third-order valence-electron chi connectivity index (χ3n) is 5.36. The van der Waals surface area contributed by atoms with Crippen molar-refractivity contribution in [1.29, 1.82) is 0 Å². The van der Waals surface area contributed by atoms with Crippen LogP contribution in [0.1, 0.15) is 24.8 Å². The van der Waals surface area contributed by atoms with E-state index in [4.69, 9.17) is 0 Å². The number of aromatic nitrogens is 3. The van der Waals surface area contributed by atoms with Crippen molar-refractivity contribution in [2.24, 2.45) is 5.92 Å². The van der Waals surface area contributed by atoms with E-state index < -0.39 is 0 Å². The standard InChI is InChI=1S/C23H23FN4O/c24-20-11-5-4-10-19(20)21-15-25-27-23(26-21)28-14-6-9-18(16-28)22(29)13-12-17-7-2-1-3-8-17/h1-5,7-8,10-11,15,18H,6,9,12-14,16H2. The Morgan fingerprint density at radius 3 is 2.72 bits per heavy atom. The maximum Gasteiger partial charge on any atom is 0.245 e. The molecule has 1 unspecified atom stereocenters. The number of halogens is 1. The number of hydrogen-bond acceptors (Lipinski definition) is 5. The largest absolute Gasteiger partial charge is 0.339 e. The van der Waals surface area contributed by atoms with Crippen molar-refractivity contribution in [1.82, 2.24) is 15.2 Å². The van der Waals surface area contributed by atoms with Gasteiger partial charge in [0.25, 0.3) is 0 Å². The first-order valence-electron chi connectivity index (χ1n) is 9.97. The lowest BCUT2D eigenvalue weighted by Gasteiger charge is -2.31. The van der Waals surface area contributed by atoms with Crippen molar-refractivity contribution in [2.75, 3.05) is 18.0 Å². The van der Waals surface area contributed by atoms with E-state index in [0.29, 0.717) is 30.2 Å². The topological polar surface area (TPSA) is 59.0 Å². The SMILES string of the molecule is O=C(CCc1ccccc1)C1CCCN(c2nncc(-c3ccccc3F)n2)C1. The van der Waals surface area contributed by atoms with Gasteiger partial charge in [-0.1, -0.05) is 42.5 Å². The molecule has 1 atom stereocenters. The molecule has 4 rings (SSSR count). The highest BCUT2D eigenvalue weighted by molar-refractivity contribution is 5.82. The number of carbonyl (C=O) groups is 1. The zero-order valence-corrected chi connectivity index (χ0v) is 16.2. The second-order valence-corrected chi connectivity index (χ2v) is 7.36. The molecule has 0 N–H and O–H groups in total. The van der Waals surface area contributed by atoms with Crippen LogP contribution in [-0.2, 0) is 11.2 Å². The van der Waals surface area contributed by atoms with Gasteiger partial charge < -0.3 is 4.90 Å². The van der Waals surface area contributed by atoms with E-state index in [0.717, 1.165) is 25.8 Å². The molecule has 3 aromatic rings. The average Bonchev–Trinajstić information content (AvgIpc) is 2.79. The molecule has 1 saturated heterocycles. The quantitative estimate of drug-likeness (QED) is 0.634. The van der Waals surface area contributed by atoms with Gasteiger partial charge >= 0.3 is 0 Å². The normalized spacial score (nSPS) is 16.6. The van der Waals surface area contributed by atoms with Crippen LogP contribution in [0.3, 0.4) is 0 Å². The molecule has 2 aromatic carbocycles. The van der Waals surface area contributed by atoms with Crippen LogP contribution < -0.4 is 4.90 Å². The summed E-state index contributed by atoms with van der Waals surface area (Å²) in [6.07, 6.45) is 4.54. The van der Waals surface area contributed by atoms with E-state index in [1.807, 2.05) is 35.2 Å². The van der Waals surface area contributed by atoms with E-state index >= 15 is 0 Å². The molecule has 1 aliphatic rings. The molecule has 0 radical (unpaired) electrons. The molecule has 2 heterocycles. The Bertz CT molecular complexity index is 979. The van der Waals surface area contributed by atoms with Gasteiger partial charge in [-0.3, -0.25) is 4.79 Å². The summed E-state index contributed by atoms with van der Waals surface area (Å²) < 4.78 is 14.1. The van der Waals surface area contributed by atoms with Crippen LogP contribution in [0, 0.1) is 11.7 Å². The van der Waals surface area contributed by atoms with Gasteiger partial charge in [0.15, 0.2) is 0 Å². The fourth-order valence-corrected chi connectivity index (χ4v) is 3.76. The van der Waals surface area contributed by atoms with Crippen LogP contribution in [0.15, 0.2) is 60.8 Å². The Morgan fingerprint density at radius 1 is 1.10 bits per heavy atom. The summed E-state index contributed by atoms with van der Waals surface area (Å²) >= 11 is 0. The fraction of sp³-hybridized carbons (Fsp3) is 0.304. The van der Waals surface area contributed by atoms with Crippen molar-refractivity contribution in [2.45, 2.75) is 25.7 Å². The number of rotatable bonds is 6. The second kappa shape index (κ2) is 8.90. The highest BCUT2D eigenvalue weighted by atomic mass is 19.1. The summed E-state index contributed by atoms with van der Waals surface area (Å²) in [6.45, 7) is 1.35. The molecule has 148 valence electrons. The third kappa shape index (κ3) is 4.65. The summed E-state index contributed by atoms with van der Waals surface area (Å²) in [5.41, 5.74) is 2.03. The summed E-state index contributed by atoms with van der Waals surface area (Å²) in [5, 5.41) is 8.15. The Labute approximate surface area is 169 Å². The Morgan fingerprint density at radius 2 is 1.90 bits per heavy atom. The molecule has 0 aliphatic carbocycles. The van der Waals surface area contributed by atoms with Gasteiger partial charge in [0.05, 0.1) is 11.9 Å². The highest BCUT2D eigenvalue weighted by Crippen LogP contribution is 2.25. The second-order valence-electron chi connectivity index (χ2n) is 7.36. The summed E-state index contributed by atoms with van der Waals surface area (Å²) in [4.78, 5) is 19.3. The lowest BCUT2D eigenvalue weighted by Crippen LogP contribution is -2.40. The van der Waals surface area contributed by atoms with E-state index in [2.05, 4.69) is 15.2 Å². The highest BCUT2D eigenvalue weighted by Gasteiger charge is 2.27. The molecule has 0 bridgehead atoms.